The number of benzene rings is 2. The number of hydrogen-bond acceptors (Lipinski definition) is 5. The molecule has 0 bridgehead atoms. The Balaban J connectivity index is 1.51. The Labute approximate surface area is 187 Å². The molecule has 5 rings (SSSR count). The summed E-state index contributed by atoms with van der Waals surface area (Å²) in [5.41, 5.74) is 3.23. The molecule has 3 aromatic rings. The van der Waals surface area contributed by atoms with Gasteiger partial charge < -0.3 is 15.4 Å². The van der Waals surface area contributed by atoms with Crippen molar-refractivity contribution in [1.29, 1.82) is 5.26 Å². The second-order valence-corrected chi connectivity index (χ2v) is 8.47. The van der Waals surface area contributed by atoms with Gasteiger partial charge in [0.25, 0.3) is 0 Å². The molecule has 164 valence electrons. The van der Waals surface area contributed by atoms with Gasteiger partial charge in [0, 0.05) is 24.7 Å². The minimum atomic E-state index is -0.532. The van der Waals surface area contributed by atoms with Gasteiger partial charge in [-0.25, -0.2) is 9.07 Å². The molecule has 1 aromatic heterocycles. The van der Waals surface area contributed by atoms with Gasteiger partial charge in [-0.3, -0.25) is 0 Å². The van der Waals surface area contributed by atoms with Crippen LogP contribution in [0.2, 0.25) is 0 Å². The Morgan fingerprint density at radius 2 is 2.03 bits per heavy atom. The highest BCUT2D eigenvalue weighted by molar-refractivity contribution is 5.69. The van der Waals surface area contributed by atoms with Crippen molar-refractivity contribution in [2.45, 2.75) is 32.1 Å². The van der Waals surface area contributed by atoms with E-state index in [9.17, 15) is 4.39 Å². The molecular weight excluding hydrogens is 405 g/mol. The zero-order valence-corrected chi connectivity index (χ0v) is 17.9. The maximum atomic E-state index is 14.4. The maximum absolute atomic E-state index is 14.4. The Bertz CT molecular complexity index is 1160. The SMILES string of the molecule is N#Cc1ccc(-c2cc(NCC3CCCCC3)nn2-c2ccc3c(c2)NCCO3)cc1F. The van der Waals surface area contributed by atoms with Gasteiger partial charge in [-0.05, 0) is 49.1 Å². The predicted molar refractivity (Wildman–Crippen MR) is 123 cm³/mol. The summed E-state index contributed by atoms with van der Waals surface area (Å²) < 4.78 is 21.9. The third kappa shape index (κ3) is 4.13. The first-order chi connectivity index (χ1) is 15.7. The number of halogens is 1. The molecule has 1 aliphatic heterocycles. The van der Waals surface area contributed by atoms with Crippen molar-refractivity contribution in [3.8, 4) is 28.8 Å². The summed E-state index contributed by atoms with van der Waals surface area (Å²) in [4.78, 5) is 0. The minimum Gasteiger partial charge on any atom is -0.490 e. The summed E-state index contributed by atoms with van der Waals surface area (Å²) in [7, 11) is 0. The minimum absolute atomic E-state index is 0.0330. The summed E-state index contributed by atoms with van der Waals surface area (Å²) in [6.07, 6.45) is 6.41. The third-order valence-corrected chi connectivity index (χ3v) is 6.27. The number of anilines is 2. The van der Waals surface area contributed by atoms with Crippen molar-refractivity contribution in [3.05, 3.63) is 53.8 Å². The molecule has 2 aliphatic rings. The molecule has 7 heteroatoms. The molecule has 2 N–H and O–H groups in total. The lowest BCUT2D eigenvalue weighted by Crippen LogP contribution is -2.18. The average Bonchev–Trinajstić information content (AvgIpc) is 3.27. The van der Waals surface area contributed by atoms with Crippen LogP contribution in [0, 0.1) is 23.1 Å². The van der Waals surface area contributed by atoms with Crippen molar-refractivity contribution in [3.63, 3.8) is 0 Å². The summed E-state index contributed by atoms with van der Waals surface area (Å²) in [6.45, 7) is 2.27. The van der Waals surface area contributed by atoms with Gasteiger partial charge in [0.15, 0.2) is 0 Å². The smallest absolute Gasteiger partial charge is 0.149 e. The van der Waals surface area contributed by atoms with Crippen molar-refractivity contribution in [2.75, 3.05) is 30.3 Å². The standard InChI is InChI=1S/C25H26FN5O/c26-21-12-18(6-7-19(21)15-27)23-14-25(29-16-17-4-2-1-3-5-17)30-31(23)20-8-9-24-22(13-20)28-10-11-32-24/h6-9,12-14,17,28H,1-5,10-11,16H2,(H,29,30). The predicted octanol–water partition coefficient (Wildman–Crippen LogP) is 5.35. The number of fused-ring (bicyclic) bond motifs is 1. The molecule has 0 atom stereocenters. The van der Waals surface area contributed by atoms with Gasteiger partial charge >= 0.3 is 0 Å². The fourth-order valence-corrected chi connectivity index (χ4v) is 4.54. The fourth-order valence-electron chi connectivity index (χ4n) is 4.54. The molecule has 0 amide bonds. The number of ether oxygens (including phenoxy) is 1. The van der Waals surface area contributed by atoms with Crippen LogP contribution in [0.25, 0.3) is 16.9 Å². The number of hydrogen-bond donors (Lipinski definition) is 2. The molecule has 2 heterocycles. The second-order valence-electron chi connectivity index (χ2n) is 8.47. The van der Waals surface area contributed by atoms with Gasteiger partial charge in [0.1, 0.15) is 30.1 Å². The van der Waals surface area contributed by atoms with Crippen LogP contribution >= 0.6 is 0 Å². The van der Waals surface area contributed by atoms with E-state index in [1.165, 1.54) is 44.2 Å². The van der Waals surface area contributed by atoms with Gasteiger partial charge in [0.2, 0.25) is 0 Å². The average molecular weight is 432 g/mol. The summed E-state index contributed by atoms with van der Waals surface area (Å²) >= 11 is 0. The number of aromatic nitrogens is 2. The van der Waals surface area contributed by atoms with E-state index >= 15 is 0 Å². The Kier molecular flexibility index (Phi) is 5.68. The number of nitrogens with one attached hydrogen (secondary N) is 2. The molecule has 2 aromatic carbocycles. The summed E-state index contributed by atoms with van der Waals surface area (Å²) in [5.74, 6) is 1.70. The van der Waals surface area contributed by atoms with E-state index in [-0.39, 0.29) is 5.56 Å². The second kappa shape index (κ2) is 8.91. The zero-order valence-electron chi connectivity index (χ0n) is 17.9. The van der Waals surface area contributed by atoms with Crippen LogP contribution in [0.15, 0.2) is 42.5 Å². The Morgan fingerprint density at radius 1 is 1.16 bits per heavy atom. The van der Waals surface area contributed by atoms with Crippen molar-refractivity contribution in [2.24, 2.45) is 5.92 Å². The Hall–Kier alpha value is -3.53. The number of rotatable bonds is 5. The molecule has 0 saturated heterocycles. The first kappa shape index (κ1) is 20.4. The molecule has 32 heavy (non-hydrogen) atoms. The van der Waals surface area contributed by atoms with Gasteiger partial charge in [-0.15, -0.1) is 5.10 Å². The Morgan fingerprint density at radius 3 is 2.84 bits per heavy atom. The topological polar surface area (TPSA) is 74.9 Å². The molecule has 0 unspecified atom stereocenters. The van der Waals surface area contributed by atoms with Gasteiger partial charge in [-0.2, -0.15) is 5.26 Å². The lowest BCUT2D eigenvalue weighted by atomic mass is 9.89. The van der Waals surface area contributed by atoms with Crippen LogP contribution in [-0.4, -0.2) is 29.5 Å². The number of nitrogens with zero attached hydrogens (tertiary/aromatic N) is 3. The largest absolute Gasteiger partial charge is 0.490 e. The van der Waals surface area contributed by atoms with Crippen LogP contribution in [-0.2, 0) is 0 Å². The summed E-state index contributed by atoms with van der Waals surface area (Å²) in [5, 5.41) is 20.7. The van der Waals surface area contributed by atoms with Crippen LogP contribution in [0.1, 0.15) is 37.7 Å². The lowest BCUT2D eigenvalue weighted by Gasteiger charge is -2.21. The van der Waals surface area contributed by atoms with Crippen LogP contribution in [0.5, 0.6) is 5.75 Å². The van der Waals surface area contributed by atoms with E-state index < -0.39 is 5.82 Å². The molecule has 6 nitrogen and oxygen atoms in total. The van der Waals surface area contributed by atoms with Gasteiger partial charge in [-0.1, -0.05) is 25.3 Å². The lowest BCUT2D eigenvalue weighted by molar-refractivity contribution is 0.323. The quantitative estimate of drug-likeness (QED) is 0.570. The van der Waals surface area contributed by atoms with Crippen molar-refractivity contribution < 1.29 is 9.13 Å². The van der Waals surface area contributed by atoms with E-state index in [4.69, 9.17) is 15.1 Å². The van der Waals surface area contributed by atoms with Crippen molar-refractivity contribution in [1.82, 2.24) is 9.78 Å². The fraction of sp³-hybridized carbons (Fsp3) is 0.360. The molecule has 0 radical (unpaired) electrons. The molecule has 1 fully saturated rings. The van der Waals surface area contributed by atoms with Crippen LogP contribution in [0.4, 0.5) is 15.9 Å². The highest BCUT2D eigenvalue weighted by Gasteiger charge is 2.18. The van der Waals surface area contributed by atoms with E-state index in [0.29, 0.717) is 18.1 Å². The zero-order chi connectivity index (χ0) is 21.9. The highest BCUT2D eigenvalue weighted by atomic mass is 19.1. The molecule has 1 aliphatic carbocycles. The first-order valence-electron chi connectivity index (χ1n) is 11.3. The first-order valence-corrected chi connectivity index (χ1v) is 11.3. The normalized spacial score (nSPS) is 15.9. The van der Waals surface area contributed by atoms with Crippen molar-refractivity contribution >= 4 is 11.5 Å². The van der Waals surface area contributed by atoms with E-state index in [1.54, 1.807) is 6.07 Å². The summed E-state index contributed by atoms with van der Waals surface area (Å²) in [6, 6.07) is 14.4. The maximum Gasteiger partial charge on any atom is 0.149 e. The van der Waals surface area contributed by atoms with Crippen LogP contribution in [0.3, 0.4) is 0 Å². The number of nitriles is 1. The van der Waals surface area contributed by atoms with Crippen LogP contribution < -0.4 is 15.4 Å². The molecular formula is C25H26FN5O. The third-order valence-electron chi connectivity index (χ3n) is 6.27. The van der Waals surface area contributed by atoms with E-state index in [2.05, 4.69) is 10.6 Å². The highest BCUT2D eigenvalue weighted by Crippen LogP contribution is 2.33. The monoisotopic (exact) mass is 431 g/mol. The van der Waals surface area contributed by atoms with E-state index in [0.717, 1.165) is 41.7 Å². The van der Waals surface area contributed by atoms with Gasteiger partial charge in [0.05, 0.1) is 22.6 Å². The molecule has 0 spiro atoms. The van der Waals surface area contributed by atoms with E-state index in [1.807, 2.05) is 35.0 Å². The molecule has 1 saturated carbocycles.